The van der Waals surface area contributed by atoms with E-state index in [1.54, 1.807) is 12.4 Å². The summed E-state index contributed by atoms with van der Waals surface area (Å²) in [7, 11) is 0. The molecule has 1 aromatic rings. The van der Waals surface area contributed by atoms with E-state index in [0.717, 1.165) is 17.1 Å². The number of aromatic nitrogens is 1. The Labute approximate surface area is 117 Å². The third-order valence-electron chi connectivity index (χ3n) is 2.94. The highest BCUT2D eigenvalue weighted by Gasteiger charge is 2.30. The lowest BCUT2D eigenvalue weighted by Gasteiger charge is -2.31. The SMILES string of the molecule is CCOc1cncc(C(O)C2SCCSC2C)c1. The number of pyridine rings is 1. The summed E-state index contributed by atoms with van der Waals surface area (Å²) in [5.74, 6) is 3.01. The Hall–Kier alpha value is -0.390. The Balaban J connectivity index is 2.11. The van der Waals surface area contributed by atoms with Crippen LogP contribution in [0.3, 0.4) is 0 Å². The van der Waals surface area contributed by atoms with E-state index in [2.05, 4.69) is 11.9 Å². The summed E-state index contributed by atoms with van der Waals surface area (Å²) < 4.78 is 5.43. The third kappa shape index (κ3) is 3.33. The van der Waals surface area contributed by atoms with Crippen LogP contribution in [0.4, 0.5) is 0 Å². The minimum Gasteiger partial charge on any atom is -0.492 e. The second-order valence-corrected chi connectivity index (χ2v) is 7.01. The van der Waals surface area contributed by atoms with Crippen LogP contribution in [0.5, 0.6) is 5.75 Å². The van der Waals surface area contributed by atoms with Crippen LogP contribution >= 0.6 is 23.5 Å². The van der Waals surface area contributed by atoms with Gasteiger partial charge in [0, 0.05) is 33.8 Å². The molecule has 3 unspecified atom stereocenters. The van der Waals surface area contributed by atoms with Gasteiger partial charge in [-0.15, -0.1) is 0 Å². The summed E-state index contributed by atoms with van der Waals surface area (Å²) in [5.41, 5.74) is 0.854. The maximum Gasteiger partial charge on any atom is 0.137 e. The molecule has 2 rings (SSSR count). The van der Waals surface area contributed by atoms with Crippen molar-refractivity contribution in [1.82, 2.24) is 4.98 Å². The number of aliphatic hydroxyl groups excluding tert-OH is 1. The van der Waals surface area contributed by atoms with E-state index < -0.39 is 6.10 Å². The molecule has 1 fully saturated rings. The van der Waals surface area contributed by atoms with E-state index in [1.807, 2.05) is 36.5 Å². The molecule has 1 aliphatic rings. The predicted octanol–water partition coefficient (Wildman–Crippen LogP) is 2.75. The van der Waals surface area contributed by atoms with Gasteiger partial charge in [-0.1, -0.05) is 6.92 Å². The number of hydrogen-bond donors (Lipinski definition) is 1. The summed E-state index contributed by atoms with van der Waals surface area (Å²) >= 11 is 3.79. The number of ether oxygens (including phenoxy) is 1. The van der Waals surface area contributed by atoms with E-state index in [-0.39, 0.29) is 5.25 Å². The van der Waals surface area contributed by atoms with Crippen LogP contribution < -0.4 is 4.74 Å². The molecule has 18 heavy (non-hydrogen) atoms. The van der Waals surface area contributed by atoms with Crippen molar-refractivity contribution in [2.75, 3.05) is 18.1 Å². The van der Waals surface area contributed by atoms with Crippen molar-refractivity contribution in [2.45, 2.75) is 30.5 Å². The number of nitrogens with zero attached hydrogens (tertiary/aromatic N) is 1. The molecule has 1 saturated heterocycles. The highest BCUT2D eigenvalue weighted by atomic mass is 32.2. The van der Waals surface area contributed by atoms with Crippen molar-refractivity contribution in [2.24, 2.45) is 0 Å². The Morgan fingerprint density at radius 1 is 1.44 bits per heavy atom. The Bertz CT molecular complexity index is 389. The van der Waals surface area contributed by atoms with E-state index >= 15 is 0 Å². The summed E-state index contributed by atoms with van der Waals surface area (Å²) in [4.78, 5) is 4.14. The van der Waals surface area contributed by atoms with E-state index in [0.29, 0.717) is 11.9 Å². The van der Waals surface area contributed by atoms with Crippen LogP contribution in [0.1, 0.15) is 25.5 Å². The molecule has 0 aromatic carbocycles. The number of hydrogen-bond acceptors (Lipinski definition) is 5. The molecule has 3 nitrogen and oxygen atoms in total. The van der Waals surface area contributed by atoms with E-state index in [1.165, 1.54) is 5.75 Å². The number of thioether (sulfide) groups is 2. The first kappa shape index (κ1) is 14.0. The van der Waals surface area contributed by atoms with Gasteiger partial charge < -0.3 is 9.84 Å². The normalized spacial score (nSPS) is 25.7. The minimum atomic E-state index is -0.467. The zero-order valence-electron chi connectivity index (χ0n) is 10.7. The van der Waals surface area contributed by atoms with Gasteiger partial charge >= 0.3 is 0 Å². The minimum absolute atomic E-state index is 0.238. The van der Waals surface area contributed by atoms with Gasteiger partial charge in [-0.25, -0.2) is 0 Å². The van der Waals surface area contributed by atoms with Gasteiger partial charge in [0.1, 0.15) is 5.75 Å². The summed E-state index contributed by atoms with van der Waals surface area (Å²) in [6.07, 6.45) is 2.96. The van der Waals surface area contributed by atoms with Gasteiger partial charge in [-0.2, -0.15) is 23.5 Å². The second kappa shape index (κ2) is 6.68. The van der Waals surface area contributed by atoms with Gasteiger partial charge in [-0.3, -0.25) is 4.98 Å². The Morgan fingerprint density at radius 2 is 2.22 bits per heavy atom. The average molecular weight is 285 g/mol. The Morgan fingerprint density at radius 3 is 2.94 bits per heavy atom. The van der Waals surface area contributed by atoms with Crippen molar-refractivity contribution in [3.63, 3.8) is 0 Å². The van der Waals surface area contributed by atoms with Crippen molar-refractivity contribution in [3.8, 4) is 5.75 Å². The monoisotopic (exact) mass is 285 g/mol. The van der Waals surface area contributed by atoms with Gasteiger partial charge in [0.05, 0.1) is 18.9 Å². The maximum atomic E-state index is 10.5. The van der Waals surface area contributed by atoms with E-state index in [9.17, 15) is 5.11 Å². The maximum absolute atomic E-state index is 10.5. The molecule has 1 aliphatic heterocycles. The van der Waals surface area contributed by atoms with Crippen molar-refractivity contribution in [1.29, 1.82) is 0 Å². The van der Waals surface area contributed by atoms with Crippen molar-refractivity contribution < 1.29 is 9.84 Å². The molecular weight excluding hydrogens is 266 g/mol. The van der Waals surface area contributed by atoms with Crippen LogP contribution in [0.25, 0.3) is 0 Å². The standard InChI is InChI=1S/C13H19NO2S2/c1-3-16-11-6-10(7-14-8-11)12(15)13-9(2)17-4-5-18-13/h6-9,12-13,15H,3-5H2,1-2H3. The number of rotatable bonds is 4. The summed E-state index contributed by atoms with van der Waals surface area (Å²) in [6, 6.07) is 1.90. The van der Waals surface area contributed by atoms with Gasteiger partial charge in [0.15, 0.2) is 0 Å². The fraction of sp³-hybridized carbons (Fsp3) is 0.615. The molecule has 0 aliphatic carbocycles. The zero-order valence-corrected chi connectivity index (χ0v) is 12.3. The lowest BCUT2D eigenvalue weighted by atomic mass is 10.1. The predicted molar refractivity (Wildman–Crippen MR) is 78.5 cm³/mol. The molecule has 0 spiro atoms. The van der Waals surface area contributed by atoms with Crippen molar-refractivity contribution in [3.05, 3.63) is 24.0 Å². The number of aliphatic hydroxyl groups is 1. The summed E-state index contributed by atoms with van der Waals surface area (Å²) in [6.45, 7) is 4.75. The smallest absolute Gasteiger partial charge is 0.137 e. The molecule has 1 N–H and O–H groups in total. The molecule has 1 aromatic heterocycles. The highest BCUT2D eigenvalue weighted by molar-refractivity contribution is 8.07. The lowest BCUT2D eigenvalue weighted by molar-refractivity contribution is 0.173. The lowest BCUT2D eigenvalue weighted by Crippen LogP contribution is -2.29. The molecule has 0 bridgehead atoms. The third-order valence-corrected chi connectivity index (χ3v) is 6.12. The summed E-state index contributed by atoms with van der Waals surface area (Å²) in [5, 5.41) is 11.2. The highest BCUT2D eigenvalue weighted by Crippen LogP contribution is 2.38. The molecule has 0 amide bonds. The largest absolute Gasteiger partial charge is 0.492 e. The molecule has 5 heteroatoms. The molecular formula is C13H19NO2S2. The van der Waals surface area contributed by atoms with Crippen LogP contribution in [-0.2, 0) is 0 Å². The molecule has 100 valence electrons. The van der Waals surface area contributed by atoms with Gasteiger partial charge in [-0.05, 0) is 13.0 Å². The first-order valence-electron chi connectivity index (χ1n) is 6.21. The fourth-order valence-corrected chi connectivity index (χ4v) is 4.86. The first-order chi connectivity index (χ1) is 8.72. The molecule has 0 radical (unpaired) electrons. The Kier molecular flexibility index (Phi) is 5.21. The van der Waals surface area contributed by atoms with E-state index in [4.69, 9.17) is 4.74 Å². The molecule has 2 heterocycles. The van der Waals surface area contributed by atoms with Crippen molar-refractivity contribution >= 4 is 23.5 Å². The average Bonchev–Trinajstić information content (AvgIpc) is 2.39. The van der Waals surface area contributed by atoms with Gasteiger partial charge in [0.25, 0.3) is 0 Å². The second-order valence-electron chi connectivity index (χ2n) is 4.24. The van der Waals surface area contributed by atoms with Crippen LogP contribution in [0.15, 0.2) is 18.5 Å². The van der Waals surface area contributed by atoms with Gasteiger partial charge in [0.2, 0.25) is 0 Å². The quantitative estimate of drug-likeness (QED) is 0.921. The molecule has 3 atom stereocenters. The van der Waals surface area contributed by atoms with Crippen LogP contribution in [-0.4, -0.2) is 38.7 Å². The molecule has 0 saturated carbocycles. The topological polar surface area (TPSA) is 42.4 Å². The first-order valence-corrected chi connectivity index (χ1v) is 8.31. The zero-order chi connectivity index (χ0) is 13.0. The van der Waals surface area contributed by atoms with Crippen LogP contribution in [0, 0.1) is 0 Å². The fourth-order valence-electron chi connectivity index (χ4n) is 2.03. The van der Waals surface area contributed by atoms with Crippen LogP contribution in [0.2, 0.25) is 0 Å².